The summed E-state index contributed by atoms with van der Waals surface area (Å²) in [5.74, 6) is 0.874. The number of carbonyl (C=O) groups excluding carboxylic acids is 1. The first kappa shape index (κ1) is 9.00. The van der Waals surface area contributed by atoms with Crippen molar-refractivity contribution in [2.24, 2.45) is 11.8 Å². The van der Waals surface area contributed by atoms with Crippen molar-refractivity contribution in [2.45, 2.75) is 19.8 Å². The highest BCUT2D eigenvalue weighted by atomic mass is 16.5. The maximum atomic E-state index is 11.6. The molecule has 3 nitrogen and oxygen atoms in total. The summed E-state index contributed by atoms with van der Waals surface area (Å²) >= 11 is 0. The van der Waals surface area contributed by atoms with Crippen LogP contribution in [-0.4, -0.2) is 32.2 Å². The molecule has 0 unspecified atom stereocenters. The molecule has 0 radical (unpaired) electrons. The fourth-order valence-electron chi connectivity index (χ4n) is 2.66. The zero-order chi connectivity index (χ0) is 9.26. The third-order valence-corrected chi connectivity index (χ3v) is 3.40. The van der Waals surface area contributed by atoms with Gasteiger partial charge in [0.15, 0.2) is 0 Å². The van der Waals surface area contributed by atoms with E-state index in [1.54, 1.807) is 4.90 Å². The minimum Gasteiger partial charge on any atom is -0.466 e. The van der Waals surface area contributed by atoms with Crippen LogP contribution in [-0.2, 0) is 9.53 Å². The van der Waals surface area contributed by atoms with E-state index in [-0.39, 0.29) is 11.9 Å². The Kier molecular flexibility index (Phi) is 2.54. The molecule has 3 rings (SSSR count). The molecule has 0 aromatic rings. The molecular formula is C10H18NO2+. The van der Waals surface area contributed by atoms with Crippen LogP contribution in [0.15, 0.2) is 0 Å². The summed E-state index contributed by atoms with van der Waals surface area (Å²) in [4.78, 5) is 13.2. The Morgan fingerprint density at radius 2 is 2.15 bits per heavy atom. The Morgan fingerprint density at radius 1 is 1.46 bits per heavy atom. The van der Waals surface area contributed by atoms with Gasteiger partial charge in [-0.25, -0.2) is 0 Å². The molecule has 13 heavy (non-hydrogen) atoms. The molecule has 0 aliphatic carbocycles. The molecule has 0 amide bonds. The number of esters is 1. The highest BCUT2D eigenvalue weighted by molar-refractivity contribution is 5.73. The van der Waals surface area contributed by atoms with Gasteiger partial charge in [0.05, 0.1) is 26.2 Å². The second kappa shape index (κ2) is 3.66. The highest BCUT2D eigenvalue weighted by Crippen LogP contribution is 2.24. The molecule has 3 heterocycles. The van der Waals surface area contributed by atoms with Crippen LogP contribution >= 0.6 is 0 Å². The lowest BCUT2D eigenvalue weighted by atomic mass is 9.79. The second-order valence-electron chi connectivity index (χ2n) is 4.15. The van der Waals surface area contributed by atoms with Crippen molar-refractivity contribution in [3.05, 3.63) is 0 Å². The lowest BCUT2D eigenvalue weighted by molar-refractivity contribution is -0.919. The molecule has 2 bridgehead atoms. The molecule has 3 aliphatic heterocycles. The van der Waals surface area contributed by atoms with Crippen molar-refractivity contribution in [3.8, 4) is 0 Å². The van der Waals surface area contributed by atoms with Crippen LogP contribution in [0.25, 0.3) is 0 Å². The molecule has 1 N–H and O–H groups in total. The second-order valence-corrected chi connectivity index (χ2v) is 4.15. The van der Waals surface area contributed by atoms with Gasteiger partial charge in [0.25, 0.3) is 0 Å². The van der Waals surface area contributed by atoms with Gasteiger partial charge in [0.2, 0.25) is 0 Å². The molecule has 74 valence electrons. The number of piperidine rings is 3. The number of hydrogen-bond donors (Lipinski definition) is 1. The average Bonchev–Trinajstić information content (AvgIpc) is 2.20. The number of nitrogens with one attached hydrogen (secondary N) is 1. The van der Waals surface area contributed by atoms with Gasteiger partial charge in [0, 0.05) is 12.8 Å². The lowest BCUT2D eigenvalue weighted by Crippen LogP contribution is -3.16. The van der Waals surface area contributed by atoms with Gasteiger partial charge in [-0.05, 0) is 12.8 Å². The SMILES string of the molecule is CCOC(=O)[C@H]1C[NH+]2CCC1CC2. The Labute approximate surface area is 79.0 Å². The zero-order valence-electron chi connectivity index (χ0n) is 8.21. The van der Waals surface area contributed by atoms with Crippen LogP contribution in [0.5, 0.6) is 0 Å². The van der Waals surface area contributed by atoms with Crippen molar-refractivity contribution < 1.29 is 14.4 Å². The van der Waals surface area contributed by atoms with Gasteiger partial charge < -0.3 is 9.64 Å². The third-order valence-electron chi connectivity index (χ3n) is 3.40. The number of quaternary nitrogens is 1. The maximum Gasteiger partial charge on any atom is 0.314 e. The predicted molar refractivity (Wildman–Crippen MR) is 48.4 cm³/mol. The van der Waals surface area contributed by atoms with Gasteiger partial charge in [-0.15, -0.1) is 0 Å². The van der Waals surface area contributed by atoms with Crippen LogP contribution in [0.2, 0.25) is 0 Å². The van der Waals surface area contributed by atoms with Gasteiger partial charge >= 0.3 is 5.97 Å². The smallest absolute Gasteiger partial charge is 0.314 e. The molecule has 3 aliphatic rings. The van der Waals surface area contributed by atoms with E-state index < -0.39 is 0 Å². The van der Waals surface area contributed by atoms with Crippen molar-refractivity contribution in [1.29, 1.82) is 0 Å². The average molecular weight is 184 g/mol. The summed E-state index contributed by atoms with van der Waals surface area (Å²) in [5.41, 5.74) is 0. The fraction of sp³-hybridized carbons (Fsp3) is 0.900. The van der Waals surface area contributed by atoms with Gasteiger partial charge in [-0.1, -0.05) is 0 Å². The van der Waals surface area contributed by atoms with Crippen LogP contribution in [0.4, 0.5) is 0 Å². The Balaban J connectivity index is 1.96. The Morgan fingerprint density at radius 3 is 2.62 bits per heavy atom. The monoisotopic (exact) mass is 184 g/mol. The van der Waals surface area contributed by atoms with E-state index in [2.05, 4.69) is 0 Å². The number of hydrogen-bond acceptors (Lipinski definition) is 2. The van der Waals surface area contributed by atoms with Gasteiger partial charge in [-0.3, -0.25) is 4.79 Å². The van der Waals surface area contributed by atoms with Crippen LogP contribution in [0, 0.1) is 11.8 Å². The van der Waals surface area contributed by atoms with E-state index in [1.165, 1.54) is 25.9 Å². The van der Waals surface area contributed by atoms with Crippen molar-refractivity contribution in [2.75, 3.05) is 26.2 Å². The fourth-order valence-corrected chi connectivity index (χ4v) is 2.66. The van der Waals surface area contributed by atoms with Crippen molar-refractivity contribution in [1.82, 2.24) is 0 Å². The minimum atomic E-state index is 0.0457. The summed E-state index contributed by atoms with van der Waals surface area (Å²) in [5, 5.41) is 0. The molecular weight excluding hydrogens is 166 g/mol. The van der Waals surface area contributed by atoms with Crippen LogP contribution in [0.3, 0.4) is 0 Å². The minimum absolute atomic E-state index is 0.0457. The number of carbonyl (C=O) groups is 1. The van der Waals surface area contributed by atoms with E-state index in [0.717, 1.165) is 6.54 Å². The van der Waals surface area contributed by atoms with Crippen LogP contribution < -0.4 is 4.90 Å². The Hall–Kier alpha value is -0.570. The van der Waals surface area contributed by atoms with Gasteiger partial charge in [-0.2, -0.15) is 0 Å². The molecule has 0 aromatic carbocycles. The summed E-state index contributed by atoms with van der Waals surface area (Å²) in [6.07, 6.45) is 2.44. The first-order chi connectivity index (χ1) is 6.31. The third kappa shape index (κ3) is 1.70. The molecule has 0 spiro atoms. The summed E-state index contributed by atoms with van der Waals surface area (Å²) < 4.78 is 5.08. The van der Waals surface area contributed by atoms with Crippen molar-refractivity contribution in [3.63, 3.8) is 0 Å². The first-order valence-electron chi connectivity index (χ1n) is 5.31. The molecule has 3 fully saturated rings. The topological polar surface area (TPSA) is 30.7 Å². The summed E-state index contributed by atoms with van der Waals surface area (Å²) in [6, 6.07) is 0. The van der Waals surface area contributed by atoms with Crippen LogP contribution in [0.1, 0.15) is 19.8 Å². The summed E-state index contributed by atoms with van der Waals surface area (Å²) in [6.45, 7) is 5.95. The van der Waals surface area contributed by atoms with E-state index in [4.69, 9.17) is 4.74 Å². The quantitative estimate of drug-likeness (QED) is 0.585. The van der Waals surface area contributed by atoms with E-state index in [9.17, 15) is 4.79 Å². The number of rotatable bonds is 2. The number of ether oxygens (including phenoxy) is 1. The molecule has 0 aromatic heterocycles. The molecule has 0 saturated carbocycles. The largest absolute Gasteiger partial charge is 0.466 e. The maximum absolute atomic E-state index is 11.6. The molecule has 1 atom stereocenters. The highest BCUT2D eigenvalue weighted by Gasteiger charge is 2.42. The Bertz CT molecular complexity index is 197. The normalized spacial score (nSPS) is 37.5. The predicted octanol–water partition coefficient (Wildman–Crippen LogP) is -0.526. The van der Waals surface area contributed by atoms with E-state index >= 15 is 0 Å². The van der Waals surface area contributed by atoms with E-state index in [1.807, 2.05) is 6.92 Å². The first-order valence-corrected chi connectivity index (χ1v) is 5.31. The molecule has 3 heteroatoms. The standard InChI is InChI=1S/C10H17NO2/c1-2-13-10(12)9-7-11-5-3-8(9)4-6-11/h8-9H,2-7H2,1H3/p+1/t9-/m0/s1. The summed E-state index contributed by atoms with van der Waals surface area (Å²) in [7, 11) is 0. The number of fused-ring (bicyclic) bond motifs is 3. The van der Waals surface area contributed by atoms with E-state index in [0.29, 0.717) is 12.5 Å². The van der Waals surface area contributed by atoms with Gasteiger partial charge in [0.1, 0.15) is 5.92 Å². The zero-order valence-corrected chi connectivity index (χ0v) is 8.21. The lowest BCUT2D eigenvalue weighted by Gasteiger charge is -2.40. The molecule has 3 saturated heterocycles. The van der Waals surface area contributed by atoms with Crippen molar-refractivity contribution >= 4 is 5.97 Å².